The molecule has 2 rings (SSSR count). The largest absolute Gasteiger partial charge is 0.356 e. The van der Waals surface area contributed by atoms with Crippen molar-refractivity contribution in [3.05, 3.63) is 29.6 Å². The molecule has 3 N–H and O–H groups in total. The van der Waals surface area contributed by atoms with Crippen LogP contribution in [0.1, 0.15) is 12.8 Å². The van der Waals surface area contributed by atoms with Gasteiger partial charge in [-0.3, -0.25) is 9.79 Å². The van der Waals surface area contributed by atoms with Crippen LogP contribution in [0.2, 0.25) is 0 Å². The molecule has 0 spiro atoms. The molecular formula is C14H18F3IN4O. The van der Waals surface area contributed by atoms with Crippen molar-refractivity contribution in [3.63, 3.8) is 0 Å². The first-order valence-corrected chi connectivity index (χ1v) is 6.89. The molecule has 1 saturated carbocycles. The van der Waals surface area contributed by atoms with E-state index in [4.69, 9.17) is 0 Å². The van der Waals surface area contributed by atoms with E-state index in [0.29, 0.717) is 11.9 Å². The molecule has 0 radical (unpaired) electrons. The van der Waals surface area contributed by atoms with Crippen molar-refractivity contribution >= 4 is 41.5 Å². The van der Waals surface area contributed by atoms with E-state index in [1.807, 2.05) is 0 Å². The molecule has 1 aliphatic carbocycles. The summed E-state index contributed by atoms with van der Waals surface area (Å²) < 4.78 is 39.3. The standard InChI is InChI=1S/C14H17F3N4O.HI/c1-18-14(19-6-8-2-3-8)20-7-11(22)21-10-5-4-9(15)12(16)13(10)17;/h4-5,8H,2-3,6-7H2,1H3,(H,21,22)(H2,18,19,20);1H. The van der Waals surface area contributed by atoms with E-state index in [1.54, 1.807) is 7.05 Å². The van der Waals surface area contributed by atoms with Crippen molar-refractivity contribution in [2.75, 3.05) is 25.5 Å². The van der Waals surface area contributed by atoms with Gasteiger partial charge < -0.3 is 16.0 Å². The third kappa shape index (κ3) is 5.88. The summed E-state index contributed by atoms with van der Waals surface area (Å²) in [6, 6.07) is 1.71. The number of aliphatic imine (C=N–C) groups is 1. The van der Waals surface area contributed by atoms with Gasteiger partial charge in [0.05, 0.1) is 12.2 Å². The first-order valence-electron chi connectivity index (χ1n) is 6.89. The Morgan fingerprint density at radius 3 is 2.52 bits per heavy atom. The second-order valence-electron chi connectivity index (χ2n) is 5.02. The number of rotatable bonds is 5. The number of hydrogen-bond acceptors (Lipinski definition) is 2. The zero-order chi connectivity index (χ0) is 16.1. The van der Waals surface area contributed by atoms with Crippen LogP contribution in [0.3, 0.4) is 0 Å². The molecule has 1 aromatic carbocycles. The number of amides is 1. The quantitative estimate of drug-likeness (QED) is 0.284. The Balaban J connectivity index is 0.00000264. The molecule has 0 aromatic heterocycles. The third-order valence-corrected chi connectivity index (χ3v) is 3.20. The molecule has 1 aliphatic rings. The Morgan fingerprint density at radius 2 is 1.91 bits per heavy atom. The second-order valence-corrected chi connectivity index (χ2v) is 5.02. The lowest BCUT2D eigenvalue weighted by Crippen LogP contribution is -2.42. The summed E-state index contributed by atoms with van der Waals surface area (Å²) in [5, 5.41) is 7.98. The molecule has 1 aromatic rings. The topological polar surface area (TPSA) is 65.5 Å². The van der Waals surface area contributed by atoms with Gasteiger partial charge in [0.2, 0.25) is 5.91 Å². The lowest BCUT2D eigenvalue weighted by atomic mass is 10.2. The Labute approximate surface area is 149 Å². The molecule has 0 bridgehead atoms. The van der Waals surface area contributed by atoms with E-state index < -0.39 is 29.0 Å². The van der Waals surface area contributed by atoms with Gasteiger partial charge in [-0.1, -0.05) is 0 Å². The molecule has 1 amide bonds. The summed E-state index contributed by atoms with van der Waals surface area (Å²) in [4.78, 5) is 15.6. The molecule has 128 valence electrons. The van der Waals surface area contributed by atoms with Crippen molar-refractivity contribution in [2.45, 2.75) is 12.8 Å². The number of guanidine groups is 1. The van der Waals surface area contributed by atoms with Crippen LogP contribution in [-0.2, 0) is 4.79 Å². The van der Waals surface area contributed by atoms with E-state index in [2.05, 4.69) is 20.9 Å². The smallest absolute Gasteiger partial charge is 0.243 e. The molecule has 1 fully saturated rings. The minimum absolute atomic E-state index is 0. The van der Waals surface area contributed by atoms with Crippen molar-refractivity contribution in [1.82, 2.24) is 10.6 Å². The number of halogens is 4. The zero-order valence-electron chi connectivity index (χ0n) is 12.5. The summed E-state index contributed by atoms with van der Waals surface area (Å²) in [7, 11) is 1.56. The molecule has 0 heterocycles. The highest BCUT2D eigenvalue weighted by molar-refractivity contribution is 14.0. The first-order chi connectivity index (χ1) is 10.5. The highest BCUT2D eigenvalue weighted by atomic mass is 127. The number of carbonyl (C=O) groups is 1. The maximum absolute atomic E-state index is 13.4. The van der Waals surface area contributed by atoms with Gasteiger partial charge in [-0.05, 0) is 30.9 Å². The molecule has 23 heavy (non-hydrogen) atoms. The van der Waals surface area contributed by atoms with E-state index in [-0.39, 0.29) is 30.5 Å². The fourth-order valence-electron chi connectivity index (χ4n) is 1.76. The molecule has 0 aliphatic heterocycles. The lowest BCUT2D eigenvalue weighted by molar-refractivity contribution is -0.115. The third-order valence-electron chi connectivity index (χ3n) is 3.20. The number of carbonyl (C=O) groups excluding carboxylic acids is 1. The van der Waals surface area contributed by atoms with Crippen molar-refractivity contribution in [1.29, 1.82) is 0 Å². The summed E-state index contributed by atoms with van der Waals surface area (Å²) in [5.41, 5.74) is -0.411. The van der Waals surface area contributed by atoms with Crippen LogP contribution >= 0.6 is 24.0 Å². The minimum atomic E-state index is -1.62. The Hall–Kier alpha value is -1.52. The Morgan fingerprint density at radius 1 is 1.22 bits per heavy atom. The van der Waals surface area contributed by atoms with Gasteiger partial charge in [0.15, 0.2) is 23.4 Å². The molecule has 9 heteroatoms. The normalized spacial score (nSPS) is 14.0. The van der Waals surface area contributed by atoms with Crippen molar-refractivity contribution in [3.8, 4) is 0 Å². The molecule has 0 saturated heterocycles. The summed E-state index contributed by atoms with van der Waals surface area (Å²) >= 11 is 0. The van der Waals surface area contributed by atoms with E-state index in [9.17, 15) is 18.0 Å². The second kappa shape index (κ2) is 8.94. The van der Waals surface area contributed by atoms with Gasteiger partial charge in [-0.25, -0.2) is 13.2 Å². The van der Waals surface area contributed by atoms with Crippen LogP contribution in [0, 0.1) is 23.4 Å². The number of hydrogen-bond donors (Lipinski definition) is 3. The van der Waals surface area contributed by atoms with Crippen molar-refractivity contribution < 1.29 is 18.0 Å². The van der Waals surface area contributed by atoms with Gasteiger partial charge >= 0.3 is 0 Å². The highest BCUT2D eigenvalue weighted by Crippen LogP contribution is 2.27. The lowest BCUT2D eigenvalue weighted by Gasteiger charge is -2.12. The molecule has 5 nitrogen and oxygen atoms in total. The maximum Gasteiger partial charge on any atom is 0.243 e. The van der Waals surface area contributed by atoms with Crippen molar-refractivity contribution in [2.24, 2.45) is 10.9 Å². The van der Waals surface area contributed by atoms with Crippen LogP contribution in [0.4, 0.5) is 18.9 Å². The van der Waals surface area contributed by atoms with Crippen LogP contribution < -0.4 is 16.0 Å². The highest BCUT2D eigenvalue weighted by Gasteiger charge is 2.21. The fourth-order valence-corrected chi connectivity index (χ4v) is 1.76. The summed E-state index contributed by atoms with van der Waals surface area (Å²) in [6.45, 7) is 0.599. The van der Waals surface area contributed by atoms with Crippen LogP contribution in [0.5, 0.6) is 0 Å². The number of anilines is 1. The average Bonchev–Trinajstić information content (AvgIpc) is 3.32. The molecule has 0 unspecified atom stereocenters. The zero-order valence-corrected chi connectivity index (χ0v) is 14.8. The van der Waals surface area contributed by atoms with Gasteiger partial charge in [0.25, 0.3) is 0 Å². The average molecular weight is 442 g/mol. The fraction of sp³-hybridized carbons (Fsp3) is 0.429. The number of nitrogens with one attached hydrogen (secondary N) is 3. The minimum Gasteiger partial charge on any atom is -0.356 e. The van der Waals surface area contributed by atoms with Gasteiger partial charge in [-0.15, -0.1) is 24.0 Å². The molecule has 0 atom stereocenters. The number of nitrogens with zero attached hydrogens (tertiary/aromatic N) is 1. The number of benzene rings is 1. The van der Waals surface area contributed by atoms with Crippen LogP contribution in [0.25, 0.3) is 0 Å². The van der Waals surface area contributed by atoms with Gasteiger partial charge in [0, 0.05) is 13.6 Å². The monoisotopic (exact) mass is 442 g/mol. The Bertz CT molecular complexity index is 594. The summed E-state index contributed by atoms with van der Waals surface area (Å²) in [5.74, 6) is -3.86. The summed E-state index contributed by atoms with van der Waals surface area (Å²) in [6.07, 6.45) is 2.36. The predicted molar refractivity (Wildman–Crippen MR) is 92.4 cm³/mol. The van der Waals surface area contributed by atoms with E-state index >= 15 is 0 Å². The SMILES string of the molecule is CN=C(NCC(=O)Nc1ccc(F)c(F)c1F)NCC1CC1.I. The Kier molecular flexibility index (Phi) is 7.59. The van der Waals surface area contributed by atoms with Gasteiger partial charge in [0.1, 0.15) is 0 Å². The van der Waals surface area contributed by atoms with E-state index in [1.165, 1.54) is 12.8 Å². The molecular weight excluding hydrogens is 424 g/mol. The first kappa shape index (κ1) is 19.5. The maximum atomic E-state index is 13.4. The van der Waals surface area contributed by atoms with Gasteiger partial charge in [-0.2, -0.15) is 0 Å². The van der Waals surface area contributed by atoms with E-state index in [0.717, 1.165) is 18.7 Å². The van der Waals surface area contributed by atoms with Crippen LogP contribution in [-0.4, -0.2) is 32.0 Å². The predicted octanol–water partition coefficient (Wildman–Crippen LogP) is 2.24. The van der Waals surface area contributed by atoms with Crippen LogP contribution in [0.15, 0.2) is 17.1 Å².